The van der Waals surface area contributed by atoms with Crippen LogP contribution in [0, 0.1) is 0 Å². The molecule has 73 heavy (non-hydrogen) atoms. The van der Waals surface area contributed by atoms with Crippen molar-refractivity contribution in [3.05, 3.63) is 220 Å². The molecule has 14 nitrogen and oxygen atoms in total. The zero-order valence-corrected chi connectivity index (χ0v) is 46.7. The molecule has 0 saturated heterocycles. The minimum absolute atomic E-state index is 0. The predicted molar refractivity (Wildman–Crippen MR) is 272 cm³/mol. The summed E-state index contributed by atoms with van der Waals surface area (Å²) in [4.78, 5) is 48.3. The van der Waals surface area contributed by atoms with Crippen molar-refractivity contribution in [1.82, 2.24) is 35.1 Å². The van der Waals surface area contributed by atoms with E-state index in [0.717, 1.165) is 28.3 Å². The van der Waals surface area contributed by atoms with Crippen molar-refractivity contribution in [1.29, 1.82) is 0 Å². The van der Waals surface area contributed by atoms with Crippen LogP contribution in [0.15, 0.2) is 174 Å². The number of benzene rings is 4. The molecule has 0 saturated carbocycles. The molecule has 17 heteroatoms. The van der Waals surface area contributed by atoms with E-state index in [0.29, 0.717) is 96.1 Å². The van der Waals surface area contributed by atoms with E-state index in [1.165, 1.54) is 30.3 Å². The molecule has 0 spiro atoms. The number of nitrogens with zero attached hydrogens (tertiary/aromatic N) is 6. The Balaban J connectivity index is 0.00000390. The van der Waals surface area contributed by atoms with E-state index in [-0.39, 0.29) is 79.3 Å². The number of hydrogen-bond donors (Lipinski definition) is 3. The van der Waals surface area contributed by atoms with Crippen LogP contribution in [0.25, 0.3) is 33.4 Å². The van der Waals surface area contributed by atoms with Gasteiger partial charge in [0, 0.05) is 98.9 Å². The molecule has 5 heterocycles. The van der Waals surface area contributed by atoms with Crippen LogP contribution in [0.2, 0.25) is 0 Å². The summed E-state index contributed by atoms with van der Waals surface area (Å²) in [5, 5.41) is 44.6. The number of carboxylic acid groups (broad SMARTS) is 1. The van der Waals surface area contributed by atoms with Crippen molar-refractivity contribution >= 4 is 39.8 Å². The standard InChI is InChI=1S/C56H50N8O6S.2Zn/c65-45-14-17-48-51(28-45)70-52-29-46(66)15-18-49(52)54(48)47-16-13-40(27-50(47)56(68)69)62-53(71)30-57-24-19-37-25-38(31-63(33-41-9-1-5-20-58-41)34-42-10-2-6-21-59-42)55(67)39(26-37)32-64(35-43-11-3-7-22-60-43)36-44-12-4-8-23-61-44;;/h1-18,20-23,25-29,57,65,67H,19,24,30-36H2,(H,62,71)(H,68,69);;/q;2*+2/p-2. The van der Waals surface area contributed by atoms with E-state index in [2.05, 4.69) is 40.4 Å². The number of thiocarbonyl (C=S) groups is 1. The third-order valence-corrected chi connectivity index (χ3v) is 12.1. The van der Waals surface area contributed by atoms with E-state index >= 15 is 0 Å². The smallest absolute Gasteiger partial charge is 0.872 e. The Morgan fingerprint density at radius 3 is 1.67 bits per heavy atom. The Kier molecular flexibility index (Phi) is 18.9. The van der Waals surface area contributed by atoms with Crippen LogP contribution in [0.4, 0.5) is 5.69 Å². The number of fused-ring (bicyclic) bond motifs is 2. The van der Waals surface area contributed by atoms with Gasteiger partial charge in [-0.25, -0.2) is 4.79 Å². The van der Waals surface area contributed by atoms with Crippen LogP contribution >= 0.6 is 12.2 Å². The summed E-state index contributed by atoms with van der Waals surface area (Å²) in [7, 11) is 0. The zero-order chi connectivity index (χ0) is 49.1. The predicted octanol–water partition coefficient (Wildman–Crippen LogP) is 7.96. The van der Waals surface area contributed by atoms with Gasteiger partial charge in [-0.1, -0.05) is 72.6 Å². The summed E-state index contributed by atoms with van der Waals surface area (Å²) in [6.07, 6.45) is 7.66. The first-order valence-corrected chi connectivity index (χ1v) is 23.4. The van der Waals surface area contributed by atoms with E-state index < -0.39 is 5.97 Å². The normalized spacial score (nSPS) is 11.1. The van der Waals surface area contributed by atoms with Crippen LogP contribution in [0.3, 0.4) is 0 Å². The molecular weight excluding hydrogens is 1040 g/mol. The second kappa shape index (κ2) is 25.6. The molecular formula is C56H48N8O6SZn2+2. The van der Waals surface area contributed by atoms with Gasteiger partial charge in [0.15, 0.2) is 5.43 Å². The summed E-state index contributed by atoms with van der Waals surface area (Å²) >= 11 is 5.75. The summed E-state index contributed by atoms with van der Waals surface area (Å²) < 4.78 is 5.94. The minimum atomic E-state index is -1.17. The van der Waals surface area contributed by atoms with Crippen molar-refractivity contribution in [3.8, 4) is 33.9 Å². The Bertz CT molecular complexity index is 3130. The van der Waals surface area contributed by atoms with Crippen LogP contribution in [-0.2, 0) is 84.6 Å². The van der Waals surface area contributed by atoms with E-state index in [1.54, 1.807) is 49.1 Å². The number of anilines is 1. The fraction of sp³-hybridized carbons (Fsp3) is 0.161. The third kappa shape index (κ3) is 14.2. The number of aromatic nitrogens is 4. The number of rotatable bonds is 20. The summed E-state index contributed by atoms with van der Waals surface area (Å²) in [6, 6.07) is 40.8. The van der Waals surface area contributed by atoms with Crippen molar-refractivity contribution in [2.45, 2.75) is 45.7 Å². The average Bonchev–Trinajstić information content (AvgIpc) is 3.37. The Labute approximate surface area is 453 Å². The molecule has 4 aromatic heterocycles. The molecule has 2 aliphatic rings. The monoisotopic (exact) mass is 1090 g/mol. The Morgan fingerprint density at radius 1 is 0.630 bits per heavy atom. The molecule has 0 unspecified atom stereocenters. The van der Waals surface area contributed by atoms with Crippen molar-refractivity contribution < 1.29 is 63.5 Å². The molecule has 0 bridgehead atoms. The quantitative estimate of drug-likeness (QED) is 0.0288. The molecule has 1 aliphatic heterocycles. The summed E-state index contributed by atoms with van der Waals surface area (Å²) in [5.74, 6) is -1.26. The van der Waals surface area contributed by atoms with Gasteiger partial charge in [0.1, 0.15) is 11.3 Å². The zero-order valence-electron chi connectivity index (χ0n) is 39.9. The second-order valence-corrected chi connectivity index (χ2v) is 17.6. The van der Waals surface area contributed by atoms with Gasteiger partial charge in [-0.15, -0.1) is 5.75 Å². The van der Waals surface area contributed by atoms with Crippen molar-refractivity contribution in [2.75, 3.05) is 18.4 Å². The van der Waals surface area contributed by atoms with Gasteiger partial charge < -0.3 is 30.4 Å². The maximum Gasteiger partial charge on any atom is 2.00 e. The molecule has 356 valence electrons. The molecule has 0 atom stereocenters. The first-order valence-electron chi connectivity index (χ1n) is 23.0. The summed E-state index contributed by atoms with van der Waals surface area (Å²) in [6.45, 7) is 3.56. The van der Waals surface area contributed by atoms with Gasteiger partial charge in [-0.05, 0) is 114 Å². The van der Waals surface area contributed by atoms with Gasteiger partial charge in [0.25, 0.3) is 0 Å². The van der Waals surface area contributed by atoms with Crippen LogP contribution in [0.1, 0.15) is 49.8 Å². The average molecular weight is 1090 g/mol. The van der Waals surface area contributed by atoms with Crippen LogP contribution in [-0.4, -0.2) is 58.9 Å². The van der Waals surface area contributed by atoms with Crippen molar-refractivity contribution in [3.63, 3.8) is 0 Å². The fourth-order valence-corrected chi connectivity index (χ4v) is 8.92. The number of carboxylic acids is 1. The van der Waals surface area contributed by atoms with Gasteiger partial charge >= 0.3 is 44.9 Å². The minimum Gasteiger partial charge on any atom is -0.872 e. The second-order valence-electron chi connectivity index (χ2n) is 17.2. The Hall–Kier alpha value is -6.96. The molecule has 3 N–H and O–H groups in total. The number of pyridine rings is 4. The Morgan fingerprint density at radius 2 is 1.16 bits per heavy atom. The molecule has 0 radical (unpaired) electrons. The largest absolute Gasteiger partial charge is 2.00 e. The van der Waals surface area contributed by atoms with E-state index in [4.69, 9.17) is 16.6 Å². The molecule has 3 aromatic carbocycles. The molecule has 1 aliphatic carbocycles. The van der Waals surface area contributed by atoms with Gasteiger partial charge in [0.2, 0.25) is 0 Å². The van der Waals surface area contributed by atoms with Gasteiger partial charge in [-0.2, -0.15) is 0 Å². The number of hydrogen-bond acceptors (Lipinski definition) is 13. The van der Waals surface area contributed by atoms with Gasteiger partial charge in [0.05, 0.1) is 33.3 Å². The number of carbonyl (C=O) groups is 1. The maximum atomic E-state index is 14.7. The van der Waals surface area contributed by atoms with E-state index in [1.807, 2.05) is 84.9 Å². The number of aromatic carboxylic acids is 1. The number of nitrogens with one attached hydrogen (secondary N) is 2. The van der Waals surface area contributed by atoms with Crippen LogP contribution in [0.5, 0.6) is 11.5 Å². The SMILES string of the molecule is O=C(O)c1cc(NC(=S)CNCCc2cc(CN(Cc3ccccn3)Cc3ccccn3)c([O-])c(CN(Cc3ccccn3)Cc3ccccn3)c2)ccc1-c1c2ccc(=O)cc-2oc2cc([O-])ccc12.[Zn+2].[Zn+2]. The summed E-state index contributed by atoms with van der Waals surface area (Å²) in [5.41, 5.74) is 7.64. The van der Waals surface area contributed by atoms with Crippen LogP contribution < -0.4 is 26.3 Å². The van der Waals surface area contributed by atoms with Crippen molar-refractivity contribution in [2.24, 2.45) is 0 Å². The first kappa shape index (κ1) is 53.8. The van der Waals surface area contributed by atoms with E-state index in [9.17, 15) is 24.9 Å². The molecule has 9 rings (SSSR count). The molecule has 0 fully saturated rings. The van der Waals surface area contributed by atoms with Gasteiger partial charge in [-0.3, -0.25) is 34.5 Å². The third-order valence-electron chi connectivity index (χ3n) is 11.9. The first-order chi connectivity index (χ1) is 34.6. The fourth-order valence-electron chi connectivity index (χ4n) is 8.70. The molecule has 7 aromatic rings. The maximum absolute atomic E-state index is 14.7. The molecule has 0 amide bonds. The topological polar surface area (TPSA) is 196 Å².